The van der Waals surface area contributed by atoms with Crippen LogP contribution in [0.1, 0.15) is 10.6 Å². The topological polar surface area (TPSA) is 54.9 Å². The van der Waals surface area contributed by atoms with Crippen molar-refractivity contribution in [2.24, 2.45) is 0 Å². The van der Waals surface area contributed by atoms with Crippen molar-refractivity contribution in [1.82, 2.24) is 10.2 Å². The van der Waals surface area contributed by atoms with Gasteiger partial charge in [-0.2, -0.15) is 0 Å². The zero-order valence-electron chi connectivity index (χ0n) is 13.1. The van der Waals surface area contributed by atoms with Crippen LogP contribution >= 0.6 is 34.7 Å². The van der Waals surface area contributed by atoms with Crippen LogP contribution in [0.2, 0.25) is 5.02 Å². The highest BCUT2D eigenvalue weighted by molar-refractivity contribution is 7.98. The van der Waals surface area contributed by atoms with E-state index in [2.05, 4.69) is 27.6 Å². The Bertz CT molecular complexity index is 864. The molecule has 0 aliphatic heterocycles. The number of rotatable bonds is 6. The maximum Gasteiger partial charge on any atom is 0.250 e. The van der Waals surface area contributed by atoms with Crippen LogP contribution in [-0.2, 0) is 10.5 Å². The molecule has 1 amide bonds. The number of carbonyl (C=O) groups is 1. The summed E-state index contributed by atoms with van der Waals surface area (Å²) >= 11 is 8.89. The number of halogens is 1. The van der Waals surface area contributed by atoms with Gasteiger partial charge in [0.25, 0.3) is 0 Å². The lowest BCUT2D eigenvalue weighted by Crippen LogP contribution is -2.07. The maximum atomic E-state index is 12.0. The predicted molar refractivity (Wildman–Crippen MR) is 105 cm³/mol. The average Bonchev–Trinajstić information content (AvgIpc) is 3.08. The molecule has 1 N–H and O–H groups in total. The van der Waals surface area contributed by atoms with E-state index in [1.54, 1.807) is 30.0 Å². The molecule has 0 atom stereocenters. The van der Waals surface area contributed by atoms with Crippen LogP contribution in [0.15, 0.2) is 65.6 Å². The first-order valence-corrected chi connectivity index (χ1v) is 9.62. The van der Waals surface area contributed by atoms with E-state index in [4.69, 9.17) is 11.6 Å². The minimum absolute atomic E-state index is 0.242. The monoisotopic (exact) mass is 387 g/mol. The van der Waals surface area contributed by atoms with Crippen LogP contribution in [0.5, 0.6) is 0 Å². The largest absolute Gasteiger partial charge is 0.297 e. The highest BCUT2D eigenvalue weighted by Gasteiger charge is 2.07. The molecular weight excluding hydrogens is 374 g/mol. The third-order valence-electron chi connectivity index (χ3n) is 3.10. The van der Waals surface area contributed by atoms with E-state index in [0.717, 1.165) is 16.3 Å². The van der Waals surface area contributed by atoms with Crippen molar-refractivity contribution in [3.8, 4) is 0 Å². The van der Waals surface area contributed by atoms with Crippen LogP contribution in [-0.4, -0.2) is 16.1 Å². The molecule has 126 valence electrons. The molecule has 0 spiro atoms. The van der Waals surface area contributed by atoms with Gasteiger partial charge in [0.15, 0.2) is 0 Å². The minimum Gasteiger partial charge on any atom is -0.297 e. The second-order valence-electron chi connectivity index (χ2n) is 4.98. The number of aromatic nitrogens is 2. The summed E-state index contributed by atoms with van der Waals surface area (Å²) in [5.74, 6) is 0.478. The fourth-order valence-corrected chi connectivity index (χ4v) is 3.69. The number of benzene rings is 2. The Kier molecular flexibility index (Phi) is 6.22. The Hall–Kier alpha value is -2.15. The van der Waals surface area contributed by atoms with Crippen molar-refractivity contribution in [3.63, 3.8) is 0 Å². The number of nitrogens with one attached hydrogen (secondary N) is 1. The van der Waals surface area contributed by atoms with Gasteiger partial charge < -0.3 is 0 Å². The summed E-state index contributed by atoms with van der Waals surface area (Å²) in [6.07, 6.45) is 3.18. The van der Waals surface area contributed by atoms with Gasteiger partial charge in [-0.3, -0.25) is 10.1 Å². The quantitative estimate of drug-likeness (QED) is 0.470. The molecule has 0 aliphatic rings. The van der Waals surface area contributed by atoms with Gasteiger partial charge in [0.05, 0.1) is 5.75 Å². The summed E-state index contributed by atoms with van der Waals surface area (Å²) in [5, 5.41) is 12.9. The van der Waals surface area contributed by atoms with Gasteiger partial charge in [0, 0.05) is 16.0 Å². The van der Waals surface area contributed by atoms with Gasteiger partial charge in [0.2, 0.25) is 11.0 Å². The summed E-state index contributed by atoms with van der Waals surface area (Å²) in [4.78, 5) is 13.1. The normalized spacial score (nSPS) is 10.9. The van der Waals surface area contributed by atoms with Gasteiger partial charge in [-0.1, -0.05) is 53.3 Å². The fraction of sp³-hybridized carbons (Fsp3) is 0.0556. The van der Waals surface area contributed by atoms with Crippen LogP contribution in [0, 0.1) is 0 Å². The van der Waals surface area contributed by atoms with Gasteiger partial charge in [0.1, 0.15) is 5.01 Å². The zero-order chi connectivity index (χ0) is 17.5. The number of nitrogens with zero attached hydrogens (tertiary/aromatic N) is 2. The molecular formula is C18H14ClN3OS2. The molecule has 0 radical (unpaired) electrons. The number of amides is 1. The number of carbonyl (C=O) groups excluding carboxylic acids is 1. The summed E-state index contributed by atoms with van der Waals surface area (Å²) in [6.45, 7) is 0. The number of anilines is 1. The molecule has 1 aromatic heterocycles. The third kappa shape index (κ3) is 5.70. The number of hydrogen-bond donors (Lipinski definition) is 1. The van der Waals surface area contributed by atoms with E-state index in [1.807, 2.05) is 30.3 Å². The van der Waals surface area contributed by atoms with Crippen LogP contribution in [0.25, 0.3) is 6.08 Å². The SMILES string of the molecule is O=C(/C=C/c1ccc(Cl)cc1)Nc1nnc(CSc2ccccc2)s1. The molecule has 0 unspecified atom stereocenters. The van der Waals surface area contributed by atoms with E-state index in [1.165, 1.54) is 22.3 Å². The number of hydrogen-bond acceptors (Lipinski definition) is 5. The van der Waals surface area contributed by atoms with Crippen molar-refractivity contribution in [3.05, 3.63) is 76.3 Å². The second kappa shape index (κ2) is 8.80. The van der Waals surface area contributed by atoms with Gasteiger partial charge >= 0.3 is 0 Å². The average molecular weight is 388 g/mol. The Morgan fingerprint density at radius 1 is 1.12 bits per heavy atom. The van der Waals surface area contributed by atoms with Crippen molar-refractivity contribution in [2.45, 2.75) is 10.6 Å². The minimum atomic E-state index is -0.242. The molecule has 7 heteroatoms. The lowest BCUT2D eigenvalue weighted by atomic mass is 10.2. The first kappa shape index (κ1) is 17.7. The molecule has 0 saturated heterocycles. The van der Waals surface area contributed by atoms with Gasteiger partial charge in [-0.05, 0) is 35.9 Å². The van der Waals surface area contributed by atoms with Crippen LogP contribution < -0.4 is 5.32 Å². The first-order valence-electron chi connectivity index (χ1n) is 7.44. The van der Waals surface area contributed by atoms with Crippen LogP contribution in [0.3, 0.4) is 0 Å². The molecule has 0 bridgehead atoms. The van der Waals surface area contributed by atoms with Gasteiger partial charge in [-0.15, -0.1) is 22.0 Å². The maximum absolute atomic E-state index is 12.0. The number of thioether (sulfide) groups is 1. The predicted octanol–water partition coefficient (Wildman–Crippen LogP) is 5.14. The standard InChI is InChI=1S/C18H14ClN3OS2/c19-14-9-6-13(7-10-14)8-11-16(23)20-18-22-21-17(25-18)12-24-15-4-2-1-3-5-15/h1-11H,12H2,(H,20,22,23)/b11-8+. The lowest BCUT2D eigenvalue weighted by Gasteiger charge is -1.97. The van der Waals surface area contributed by atoms with Crippen LogP contribution in [0.4, 0.5) is 5.13 Å². The Labute approximate surface area is 159 Å². The molecule has 1 heterocycles. The lowest BCUT2D eigenvalue weighted by molar-refractivity contribution is -0.111. The molecule has 3 rings (SSSR count). The van der Waals surface area contributed by atoms with E-state index < -0.39 is 0 Å². The Morgan fingerprint density at radius 2 is 1.88 bits per heavy atom. The zero-order valence-corrected chi connectivity index (χ0v) is 15.4. The van der Waals surface area contributed by atoms with Crippen molar-refractivity contribution in [1.29, 1.82) is 0 Å². The van der Waals surface area contributed by atoms with E-state index in [9.17, 15) is 4.79 Å². The van der Waals surface area contributed by atoms with E-state index >= 15 is 0 Å². The van der Waals surface area contributed by atoms with E-state index in [-0.39, 0.29) is 5.91 Å². The summed E-state index contributed by atoms with van der Waals surface area (Å²) in [7, 11) is 0. The molecule has 4 nitrogen and oxygen atoms in total. The molecule has 0 saturated carbocycles. The summed E-state index contributed by atoms with van der Waals surface area (Å²) < 4.78 is 0. The third-order valence-corrected chi connectivity index (χ3v) is 5.40. The highest BCUT2D eigenvalue weighted by atomic mass is 35.5. The highest BCUT2D eigenvalue weighted by Crippen LogP contribution is 2.25. The fourth-order valence-electron chi connectivity index (χ4n) is 1.92. The summed E-state index contributed by atoms with van der Waals surface area (Å²) in [6, 6.07) is 17.3. The van der Waals surface area contributed by atoms with Crippen molar-refractivity contribution < 1.29 is 4.79 Å². The molecule has 2 aromatic carbocycles. The van der Waals surface area contributed by atoms with Gasteiger partial charge in [-0.25, -0.2) is 0 Å². The molecule has 3 aromatic rings. The molecule has 0 aliphatic carbocycles. The molecule has 25 heavy (non-hydrogen) atoms. The van der Waals surface area contributed by atoms with E-state index in [0.29, 0.717) is 10.2 Å². The van der Waals surface area contributed by atoms with Crippen molar-refractivity contribution in [2.75, 3.05) is 5.32 Å². The smallest absolute Gasteiger partial charge is 0.250 e. The molecule has 0 fully saturated rings. The second-order valence-corrected chi connectivity index (χ2v) is 7.52. The Morgan fingerprint density at radius 3 is 2.64 bits per heavy atom. The first-order chi connectivity index (χ1) is 12.2. The Balaban J connectivity index is 1.52. The van der Waals surface area contributed by atoms with Crippen molar-refractivity contribution >= 4 is 51.8 Å². The summed E-state index contributed by atoms with van der Waals surface area (Å²) in [5.41, 5.74) is 0.900.